The Kier molecular flexibility index (Phi) is 5.85. The Morgan fingerprint density at radius 1 is 1.28 bits per heavy atom. The average Bonchev–Trinajstić information content (AvgIpc) is 2.26. The van der Waals surface area contributed by atoms with Crippen molar-refractivity contribution in [2.75, 3.05) is 6.54 Å². The smallest absolute Gasteiger partial charge is 0.303 e. The second-order valence-corrected chi connectivity index (χ2v) is 5.04. The Morgan fingerprint density at radius 3 is 2.61 bits per heavy atom. The molecule has 0 heterocycles. The summed E-state index contributed by atoms with van der Waals surface area (Å²) < 4.78 is 0.874. The fourth-order valence-electron chi connectivity index (χ4n) is 1.57. The molecule has 0 unspecified atom stereocenters. The van der Waals surface area contributed by atoms with Crippen molar-refractivity contribution in [1.29, 1.82) is 0 Å². The van der Waals surface area contributed by atoms with Gasteiger partial charge in [0.15, 0.2) is 0 Å². The predicted molar refractivity (Wildman–Crippen MR) is 72.7 cm³/mol. The summed E-state index contributed by atoms with van der Waals surface area (Å²) in [4.78, 5) is 22.1. The molecule has 0 spiro atoms. The molecule has 5 heteroatoms. The van der Waals surface area contributed by atoms with Gasteiger partial charge in [-0.2, -0.15) is 0 Å². The molecule has 0 fully saturated rings. The summed E-state index contributed by atoms with van der Waals surface area (Å²) in [5, 5.41) is 11.2. The number of hydrogen-bond acceptors (Lipinski definition) is 2. The lowest BCUT2D eigenvalue weighted by Gasteiger charge is -2.06. The Balaban J connectivity index is 2.38. The van der Waals surface area contributed by atoms with Crippen LogP contribution < -0.4 is 5.32 Å². The molecule has 0 radical (unpaired) electrons. The van der Waals surface area contributed by atoms with E-state index < -0.39 is 5.97 Å². The van der Waals surface area contributed by atoms with E-state index in [4.69, 9.17) is 5.11 Å². The lowest BCUT2D eigenvalue weighted by atomic mass is 10.1. The standard InChI is InChI=1S/C13H16BrNO3/c1-9-6-10(8-11(14)7-9)13(18)15-5-3-2-4-12(16)17/h6-8H,2-5H2,1H3,(H,15,18)(H,16,17). The first kappa shape index (κ1) is 14.7. The molecule has 0 bridgehead atoms. The number of carbonyl (C=O) groups is 2. The molecule has 0 atom stereocenters. The van der Waals surface area contributed by atoms with Crippen LogP contribution >= 0.6 is 15.9 Å². The van der Waals surface area contributed by atoms with E-state index in [1.165, 1.54) is 0 Å². The van der Waals surface area contributed by atoms with E-state index in [2.05, 4.69) is 21.2 Å². The number of aliphatic carboxylic acids is 1. The van der Waals surface area contributed by atoms with Crippen LogP contribution in [0, 0.1) is 6.92 Å². The van der Waals surface area contributed by atoms with Crippen molar-refractivity contribution >= 4 is 27.8 Å². The molecule has 18 heavy (non-hydrogen) atoms. The Morgan fingerprint density at radius 2 is 2.00 bits per heavy atom. The number of carboxylic acid groups (broad SMARTS) is 1. The van der Waals surface area contributed by atoms with Gasteiger partial charge in [0.2, 0.25) is 0 Å². The van der Waals surface area contributed by atoms with Crippen LogP contribution in [-0.2, 0) is 4.79 Å². The van der Waals surface area contributed by atoms with Gasteiger partial charge in [0.25, 0.3) is 5.91 Å². The number of nitrogens with one attached hydrogen (secondary N) is 1. The number of unbranched alkanes of at least 4 members (excludes halogenated alkanes) is 1. The first-order valence-electron chi connectivity index (χ1n) is 5.76. The van der Waals surface area contributed by atoms with Crippen LogP contribution in [0.5, 0.6) is 0 Å². The summed E-state index contributed by atoms with van der Waals surface area (Å²) in [7, 11) is 0. The van der Waals surface area contributed by atoms with Gasteiger partial charge >= 0.3 is 5.97 Å². The van der Waals surface area contributed by atoms with Crippen LogP contribution in [0.15, 0.2) is 22.7 Å². The molecule has 1 rings (SSSR count). The molecule has 0 aliphatic rings. The molecule has 2 N–H and O–H groups in total. The highest BCUT2D eigenvalue weighted by atomic mass is 79.9. The van der Waals surface area contributed by atoms with E-state index in [1.807, 2.05) is 19.1 Å². The SMILES string of the molecule is Cc1cc(Br)cc(C(=O)NCCCCC(=O)O)c1. The quantitative estimate of drug-likeness (QED) is 0.794. The van der Waals surface area contributed by atoms with Crippen LogP contribution in [0.4, 0.5) is 0 Å². The van der Waals surface area contributed by atoms with Gasteiger partial charge in [-0.1, -0.05) is 15.9 Å². The van der Waals surface area contributed by atoms with Crippen molar-refractivity contribution in [1.82, 2.24) is 5.32 Å². The van der Waals surface area contributed by atoms with Crippen LogP contribution in [0.1, 0.15) is 35.2 Å². The van der Waals surface area contributed by atoms with Gasteiger partial charge in [0, 0.05) is 23.0 Å². The largest absolute Gasteiger partial charge is 0.481 e. The summed E-state index contributed by atoms with van der Waals surface area (Å²) >= 11 is 3.34. The molecule has 0 aromatic heterocycles. The molecule has 0 aliphatic carbocycles. The van der Waals surface area contributed by atoms with Gasteiger partial charge in [-0.05, 0) is 43.5 Å². The van der Waals surface area contributed by atoms with Gasteiger partial charge in [0.05, 0.1) is 0 Å². The zero-order valence-corrected chi connectivity index (χ0v) is 11.8. The minimum absolute atomic E-state index is 0.130. The van der Waals surface area contributed by atoms with Crippen LogP contribution in [0.3, 0.4) is 0 Å². The number of carbonyl (C=O) groups excluding carboxylic acids is 1. The number of amides is 1. The summed E-state index contributed by atoms with van der Waals surface area (Å²) in [6.45, 7) is 2.42. The maximum Gasteiger partial charge on any atom is 0.303 e. The lowest BCUT2D eigenvalue weighted by Crippen LogP contribution is -2.24. The monoisotopic (exact) mass is 313 g/mol. The second kappa shape index (κ2) is 7.16. The van der Waals surface area contributed by atoms with Crippen LogP contribution in [0.2, 0.25) is 0 Å². The number of rotatable bonds is 6. The zero-order chi connectivity index (χ0) is 13.5. The predicted octanol–water partition coefficient (Wildman–Crippen LogP) is 2.74. The van der Waals surface area contributed by atoms with E-state index in [0.717, 1.165) is 10.0 Å². The molecular weight excluding hydrogens is 298 g/mol. The number of aryl methyl sites for hydroxylation is 1. The molecule has 98 valence electrons. The number of hydrogen-bond donors (Lipinski definition) is 2. The highest BCUT2D eigenvalue weighted by Crippen LogP contribution is 2.15. The van der Waals surface area contributed by atoms with Gasteiger partial charge in [-0.25, -0.2) is 0 Å². The first-order chi connectivity index (χ1) is 8.49. The summed E-state index contributed by atoms with van der Waals surface area (Å²) in [6.07, 6.45) is 1.39. The van der Waals surface area contributed by atoms with Gasteiger partial charge in [0.1, 0.15) is 0 Å². The van der Waals surface area contributed by atoms with Crippen molar-refractivity contribution in [3.05, 3.63) is 33.8 Å². The first-order valence-corrected chi connectivity index (χ1v) is 6.55. The van der Waals surface area contributed by atoms with Crippen molar-refractivity contribution in [2.45, 2.75) is 26.2 Å². The van der Waals surface area contributed by atoms with Crippen LogP contribution in [-0.4, -0.2) is 23.5 Å². The Bertz CT molecular complexity index is 426. The Hall–Kier alpha value is -1.36. The molecule has 1 aromatic carbocycles. The van der Waals surface area contributed by atoms with Crippen LogP contribution in [0.25, 0.3) is 0 Å². The highest BCUT2D eigenvalue weighted by molar-refractivity contribution is 9.10. The lowest BCUT2D eigenvalue weighted by molar-refractivity contribution is -0.137. The average molecular weight is 314 g/mol. The van der Waals surface area contributed by atoms with Crippen molar-refractivity contribution < 1.29 is 14.7 Å². The van der Waals surface area contributed by atoms with E-state index in [0.29, 0.717) is 24.9 Å². The topological polar surface area (TPSA) is 66.4 Å². The molecule has 0 aliphatic heterocycles. The molecule has 4 nitrogen and oxygen atoms in total. The second-order valence-electron chi connectivity index (χ2n) is 4.12. The van der Waals surface area contributed by atoms with Gasteiger partial charge in [-0.15, -0.1) is 0 Å². The van der Waals surface area contributed by atoms with E-state index in [-0.39, 0.29) is 12.3 Å². The highest BCUT2D eigenvalue weighted by Gasteiger charge is 2.06. The number of carboxylic acids is 1. The van der Waals surface area contributed by atoms with E-state index in [1.54, 1.807) is 6.07 Å². The summed E-state index contributed by atoms with van der Waals surface area (Å²) in [5.74, 6) is -0.932. The number of halogens is 1. The molecule has 0 saturated carbocycles. The third kappa shape index (κ3) is 5.31. The number of benzene rings is 1. The Labute approximate surface area is 115 Å². The zero-order valence-electron chi connectivity index (χ0n) is 10.2. The normalized spacial score (nSPS) is 10.1. The van der Waals surface area contributed by atoms with E-state index in [9.17, 15) is 9.59 Å². The fraction of sp³-hybridized carbons (Fsp3) is 0.385. The molecule has 1 aromatic rings. The summed E-state index contributed by atoms with van der Waals surface area (Å²) in [6, 6.07) is 5.51. The minimum Gasteiger partial charge on any atom is -0.481 e. The van der Waals surface area contributed by atoms with Crippen molar-refractivity contribution in [3.8, 4) is 0 Å². The maximum atomic E-state index is 11.8. The molecule has 0 saturated heterocycles. The summed E-state index contributed by atoms with van der Waals surface area (Å²) in [5.41, 5.74) is 1.63. The van der Waals surface area contributed by atoms with Crippen molar-refractivity contribution in [3.63, 3.8) is 0 Å². The van der Waals surface area contributed by atoms with E-state index >= 15 is 0 Å². The third-order valence-corrected chi connectivity index (χ3v) is 2.87. The maximum absolute atomic E-state index is 11.8. The fourth-order valence-corrected chi connectivity index (χ4v) is 2.18. The van der Waals surface area contributed by atoms with Gasteiger partial charge < -0.3 is 10.4 Å². The molecular formula is C13H16BrNO3. The third-order valence-electron chi connectivity index (χ3n) is 2.41. The van der Waals surface area contributed by atoms with Crippen molar-refractivity contribution in [2.24, 2.45) is 0 Å². The molecule has 1 amide bonds. The van der Waals surface area contributed by atoms with Gasteiger partial charge in [-0.3, -0.25) is 9.59 Å². The minimum atomic E-state index is -0.802.